The van der Waals surface area contributed by atoms with Crippen LogP contribution in [0.5, 0.6) is 0 Å². The number of rotatable bonds is 7. The first-order valence-electron chi connectivity index (χ1n) is 6.53. The molecule has 0 saturated carbocycles. The lowest BCUT2D eigenvalue weighted by molar-refractivity contribution is 0.474. The highest BCUT2D eigenvalue weighted by Crippen LogP contribution is 2.15. The van der Waals surface area contributed by atoms with Gasteiger partial charge in [-0.1, -0.05) is 44.5 Å². The summed E-state index contributed by atoms with van der Waals surface area (Å²) in [6.07, 6.45) is 2.34. The van der Waals surface area contributed by atoms with Crippen LogP contribution in [0.4, 0.5) is 0 Å². The largest absolute Gasteiger partial charge is 0.316 e. The normalized spacial score (nSPS) is 13.0. The van der Waals surface area contributed by atoms with E-state index in [1.165, 1.54) is 12.0 Å². The van der Waals surface area contributed by atoms with E-state index >= 15 is 0 Å². The predicted octanol–water partition coefficient (Wildman–Crippen LogP) is 4.15. The summed E-state index contributed by atoms with van der Waals surface area (Å²) in [6, 6.07) is 8.19. The Morgan fingerprint density at radius 3 is 2.65 bits per heavy atom. The molecule has 0 aliphatic carbocycles. The minimum absolute atomic E-state index is 0.702. The van der Waals surface area contributed by atoms with Gasteiger partial charge in [-0.3, -0.25) is 0 Å². The number of hydrogen-bond donors (Lipinski definition) is 1. The van der Waals surface area contributed by atoms with Gasteiger partial charge in [0.2, 0.25) is 0 Å². The van der Waals surface area contributed by atoms with Gasteiger partial charge in [0.05, 0.1) is 0 Å². The van der Waals surface area contributed by atoms with Crippen LogP contribution in [0.25, 0.3) is 0 Å². The molecule has 0 spiro atoms. The van der Waals surface area contributed by atoms with Crippen molar-refractivity contribution >= 4 is 11.6 Å². The highest BCUT2D eigenvalue weighted by Gasteiger charge is 2.04. The standard InChI is InChI=1S/C15H24ClN/c1-12(2)11-17-8-7-13(3)9-14-5-4-6-15(16)10-14/h4-6,10,12-13,17H,7-9,11H2,1-3H3. The van der Waals surface area contributed by atoms with Crippen LogP contribution in [0.15, 0.2) is 24.3 Å². The zero-order valence-corrected chi connectivity index (χ0v) is 11.9. The van der Waals surface area contributed by atoms with Crippen LogP contribution in [-0.2, 0) is 6.42 Å². The van der Waals surface area contributed by atoms with Crippen LogP contribution in [-0.4, -0.2) is 13.1 Å². The fourth-order valence-electron chi connectivity index (χ4n) is 1.91. The van der Waals surface area contributed by atoms with E-state index in [9.17, 15) is 0 Å². The van der Waals surface area contributed by atoms with Gasteiger partial charge >= 0.3 is 0 Å². The van der Waals surface area contributed by atoms with Crippen molar-refractivity contribution in [1.29, 1.82) is 0 Å². The molecule has 0 amide bonds. The molecule has 17 heavy (non-hydrogen) atoms. The van der Waals surface area contributed by atoms with Gasteiger partial charge < -0.3 is 5.32 Å². The van der Waals surface area contributed by atoms with Crippen molar-refractivity contribution in [2.24, 2.45) is 11.8 Å². The Hall–Kier alpha value is -0.530. The molecule has 1 aromatic carbocycles. The Morgan fingerprint density at radius 1 is 1.24 bits per heavy atom. The lowest BCUT2D eigenvalue weighted by atomic mass is 9.98. The lowest BCUT2D eigenvalue weighted by Crippen LogP contribution is -2.22. The molecule has 1 aromatic rings. The minimum Gasteiger partial charge on any atom is -0.316 e. The van der Waals surface area contributed by atoms with Crippen LogP contribution in [0.1, 0.15) is 32.8 Å². The van der Waals surface area contributed by atoms with Crippen molar-refractivity contribution < 1.29 is 0 Å². The van der Waals surface area contributed by atoms with Gasteiger partial charge in [0.1, 0.15) is 0 Å². The fraction of sp³-hybridized carbons (Fsp3) is 0.600. The predicted molar refractivity (Wildman–Crippen MR) is 76.6 cm³/mol. The smallest absolute Gasteiger partial charge is 0.0408 e. The number of benzene rings is 1. The third-order valence-corrected chi connectivity index (χ3v) is 3.07. The van der Waals surface area contributed by atoms with E-state index in [4.69, 9.17) is 11.6 Å². The maximum Gasteiger partial charge on any atom is 0.0408 e. The van der Waals surface area contributed by atoms with Crippen molar-refractivity contribution in [2.75, 3.05) is 13.1 Å². The molecule has 0 aliphatic heterocycles. The molecule has 0 fully saturated rings. The molecule has 1 N–H and O–H groups in total. The molecular weight excluding hydrogens is 230 g/mol. The molecule has 0 radical (unpaired) electrons. The first-order valence-corrected chi connectivity index (χ1v) is 6.91. The summed E-state index contributed by atoms with van der Waals surface area (Å²) in [5.74, 6) is 1.44. The summed E-state index contributed by atoms with van der Waals surface area (Å²) in [6.45, 7) is 9.01. The van der Waals surface area contributed by atoms with Gasteiger partial charge in [0.15, 0.2) is 0 Å². The Kier molecular flexibility index (Phi) is 6.61. The lowest BCUT2D eigenvalue weighted by Gasteiger charge is -2.13. The van der Waals surface area contributed by atoms with Crippen LogP contribution in [0, 0.1) is 11.8 Å². The molecule has 2 heteroatoms. The molecule has 0 aliphatic rings. The minimum atomic E-state index is 0.702. The SMILES string of the molecule is CC(C)CNCCC(C)Cc1cccc(Cl)c1. The molecule has 1 nitrogen and oxygen atoms in total. The quantitative estimate of drug-likeness (QED) is 0.720. The second-order valence-corrected chi connectivity index (χ2v) is 5.76. The highest BCUT2D eigenvalue weighted by atomic mass is 35.5. The van der Waals surface area contributed by atoms with Crippen molar-refractivity contribution in [2.45, 2.75) is 33.6 Å². The summed E-state index contributed by atoms with van der Waals surface area (Å²) < 4.78 is 0. The average molecular weight is 254 g/mol. The third kappa shape index (κ3) is 6.70. The third-order valence-electron chi connectivity index (χ3n) is 2.84. The van der Waals surface area contributed by atoms with Crippen LogP contribution >= 0.6 is 11.6 Å². The first-order chi connectivity index (χ1) is 8.08. The maximum absolute atomic E-state index is 5.98. The summed E-state index contributed by atoms with van der Waals surface area (Å²) in [4.78, 5) is 0. The summed E-state index contributed by atoms with van der Waals surface area (Å²) in [5.41, 5.74) is 1.34. The molecule has 96 valence electrons. The van der Waals surface area contributed by atoms with E-state index in [2.05, 4.69) is 38.2 Å². The number of nitrogens with one attached hydrogen (secondary N) is 1. The van der Waals surface area contributed by atoms with Crippen molar-refractivity contribution in [1.82, 2.24) is 5.32 Å². The van der Waals surface area contributed by atoms with Crippen LogP contribution in [0.2, 0.25) is 5.02 Å². The van der Waals surface area contributed by atoms with Crippen molar-refractivity contribution in [3.63, 3.8) is 0 Å². The molecule has 1 rings (SSSR count). The van der Waals surface area contributed by atoms with E-state index in [1.807, 2.05) is 12.1 Å². The summed E-state index contributed by atoms with van der Waals surface area (Å²) in [5, 5.41) is 4.33. The van der Waals surface area contributed by atoms with E-state index in [-0.39, 0.29) is 0 Å². The van der Waals surface area contributed by atoms with Gasteiger partial charge in [0.25, 0.3) is 0 Å². The molecular formula is C15H24ClN. The van der Waals surface area contributed by atoms with E-state index in [0.717, 1.165) is 30.5 Å². The Morgan fingerprint density at radius 2 is 2.00 bits per heavy atom. The Balaban J connectivity index is 2.23. The molecule has 1 unspecified atom stereocenters. The van der Waals surface area contributed by atoms with Crippen molar-refractivity contribution in [3.8, 4) is 0 Å². The summed E-state index contributed by atoms with van der Waals surface area (Å²) in [7, 11) is 0. The second kappa shape index (κ2) is 7.73. The van der Waals surface area contributed by atoms with Gasteiger partial charge in [-0.15, -0.1) is 0 Å². The number of halogens is 1. The van der Waals surface area contributed by atoms with Gasteiger partial charge in [-0.25, -0.2) is 0 Å². The summed E-state index contributed by atoms with van der Waals surface area (Å²) >= 11 is 5.98. The zero-order valence-electron chi connectivity index (χ0n) is 11.2. The van der Waals surface area contributed by atoms with Crippen LogP contribution < -0.4 is 5.32 Å². The zero-order chi connectivity index (χ0) is 12.7. The highest BCUT2D eigenvalue weighted by molar-refractivity contribution is 6.30. The Bertz CT molecular complexity index is 322. The number of hydrogen-bond acceptors (Lipinski definition) is 1. The van der Waals surface area contributed by atoms with Gasteiger partial charge in [0, 0.05) is 5.02 Å². The average Bonchev–Trinajstić information content (AvgIpc) is 2.24. The molecule has 0 aromatic heterocycles. The molecule has 1 atom stereocenters. The van der Waals surface area contributed by atoms with E-state index in [0.29, 0.717) is 5.92 Å². The molecule has 0 bridgehead atoms. The topological polar surface area (TPSA) is 12.0 Å². The monoisotopic (exact) mass is 253 g/mol. The molecule has 0 heterocycles. The van der Waals surface area contributed by atoms with E-state index in [1.54, 1.807) is 0 Å². The molecule has 0 saturated heterocycles. The fourth-order valence-corrected chi connectivity index (χ4v) is 2.12. The Labute approximate surface area is 111 Å². The second-order valence-electron chi connectivity index (χ2n) is 5.33. The van der Waals surface area contributed by atoms with Crippen LogP contribution in [0.3, 0.4) is 0 Å². The first kappa shape index (κ1) is 14.5. The maximum atomic E-state index is 5.98. The van der Waals surface area contributed by atoms with Gasteiger partial charge in [-0.2, -0.15) is 0 Å². The van der Waals surface area contributed by atoms with E-state index < -0.39 is 0 Å². The van der Waals surface area contributed by atoms with Crippen molar-refractivity contribution in [3.05, 3.63) is 34.9 Å². The van der Waals surface area contributed by atoms with Gasteiger partial charge in [-0.05, 0) is 55.5 Å².